The van der Waals surface area contributed by atoms with E-state index < -0.39 is 15.6 Å². The number of carbonyl (C=O) groups excluding carboxylic acids is 1. The third kappa shape index (κ3) is 3.33. The number of hydrogen-bond donors (Lipinski definition) is 0. The molecule has 0 aliphatic carbocycles. The van der Waals surface area contributed by atoms with E-state index in [4.69, 9.17) is 34.8 Å². The van der Waals surface area contributed by atoms with Gasteiger partial charge in [0.2, 0.25) is 0 Å². The minimum absolute atomic E-state index is 0.114. The minimum atomic E-state index is -2.13. The van der Waals surface area contributed by atoms with Crippen molar-refractivity contribution in [3.8, 4) is 5.75 Å². The van der Waals surface area contributed by atoms with Crippen molar-refractivity contribution < 1.29 is 13.9 Å². The molecule has 1 aromatic carbocycles. The Morgan fingerprint density at radius 1 is 1.21 bits per heavy atom. The summed E-state index contributed by atoms with van der Waals surface area (Å²) >= 11 is 15.7. The monoisotopic (exact) mass is 256 g/mol. The lowest BCUT2D eigenvalue weighted by molar-refractivity contribution is -0.133. The Morgan fingerprint density at radius 3 is 2.14 bits per heavy atom. The van der Waals surface area contributed by atoms with Crippen LogP contribution in [-0.4, -0.2) is 9.76 Å². The molecular formula is C8H4Cl3FO2. The molecule has 0 saturated carbocycles. The van der Waals surface area contributed by atoms with Gasteiger partial charge in [-0.05, 0) is 24.3 Å². The van der Waals surface area contributed by atoms with Crippen LogP contribution < -0.4 is 4.74 Å². The second-order valence-corrected chi connectivity index (χ2v) is 4.62. The molecule has 0 radical (unpaired) electrons. The van der Waals surface area contributed by atoms with E-state index in [0.29, 0.717) is 0 Å². The summed E-state index contributed by atoms with van der Waals surface area (Å²) in [5, 5.41) is 0. The van der Waals surface area contributed by atoms with Crippen LogP contribution >= 0.6 is 34.8 Å². The highest BCUT2D eigenvalue weighted by Crippen LogP contribution is 2.28. The molecule has 0 aromatic heterocycles. The van der Waals surface area contributed by atoms with Crippen LogP contribution in [0.5, 0.6) is 5.75 Å². The van der Waals surface area contributed by atoms with Gasteiger partial charge in [0.1, 0.15) is 11.6 Å². The van der Waals surface area contributed by atoms with Gasteiger partial charge in [0.05, 0.1) is 0 Å². The first kappa shape index (κ1) is 11.6. The van der Waals surface area contributed by atoms with Crippen molar-refractivity contribution in [2.45, 2.75) is 3.79 Å². The molecule has 0 unspecified atom stereocenters. The fourth-order valence-electron chi connectivity index (χ4n) is 0.668. The van der Waals surface area contributed by atoms with E-state index in [9.17, 15) is 9.18 Å². The zero-order valence-electron chi connectivity index (χ0n) is 6.64. The molecule has 1 rings (SSSR count). The van der Waals surface area contributed by atoms with Gasteiger partial charge < -0.3 is 4.74 Å². The van der Waals surface area contributed by atoms with Gasteiger partial charge in [-0.15, -0.1) is 0 Å². The molecule has 76 valence electrons. The van der Waals surface area contributed by atoms with E-state index >= 15 is 0 Å². The Labute approximate surface area is 94.5 Å². The van der Waals surface area contributed by atoms with Gasteiger partial charge in [-0.1, -0.05) is 34.8 Å². The first-order valence-corrected chi connectivity index (χ1v) is 4.57. The van der Waals surface area contributed by atoms with Crippen LogP contribution in [-0.2, 0) is 4.79 Å². The van der Waals surface area contributed by atoms with Gasteiger partial charge >= 0.3 is 5.97 Å². The summed E-state index contributed by atoms with van der Waals surface area (Å²) in [6, 6.07) is 4.76. The number of halogens is 4. The second kappa shape index (κ2) is 4.34. The van der Waals surface area contributed by atoms with E-state index in [1.54, 1.807) is 0 Å². The maximum Gasteiger partial charge on any atom is 0.363 e. The molecule has 2 nitrogen and oxygen atoms in total. The van der Waals surface area contributed by atoms with Gasteiger partial charge in [-0.25, -0.2) is 9.18 Å². The van der Waals surface area contributed by atoms with Gasteiger partial charge in [-0.2, -0.15) is 0 Å². The quantitative estimate of drug-likeness (QED) is 0.439. The number of esters is 1. The number of hydrogen-bond acceptors (Lipinski definition) is 2. The fraction of sp³-hybridized carbons (Fsp3) is 0.125. The van der Waals surface area contributed by atoms with Crippen LogP contribution in [0.4, 0.5) is 4.39 Å². The van der Waals surface area contributed by atoms with Gasteiger partial charge in [-0.3, -0.25) is 0 Å². The van der Waals surface area contributed by atoms with Gasteiger partial charge in [0.25, 0.3) is 3.79 Å². The van der Waals surface area contributed by atoms with Crippen molar-refractivity contribution in [2.24, 2.45) is 0 Å². The van der Waals surface area contributed by atoms with E-state index in [0.717, 1.165) is 12.1 Å². The highest BCUT2D eigenvalue weighted by atomic mass is 35.6. The normalized spacial score (nSPS) is 11.1. The molecule has 1 aromatic rings. The number of benzene rings is 1. The molecule has 6 heteroatoms. The standard InChI is InChI=1S/C8H4Cl3FO2/c9-8(10,11)7(13)14-6-3-1-5(12)2-4-6/h1-4H. The lowest BCUT2D eigenvalue weighted by atomic mass is 10.3. The summed E-state index contributed by atoms with van der Waals surface area (Å²) in [6.07, 6.45) is 0. The third-order valence-electron chi connectivity index (χ3n) is 1.26. The second-order valence-electron chi connectivity index (χ2n) is 2.34. The number of alkyl halides is 3. The first-order chi connectivity index (χ1) is 6.39. The first-order valence-electron chi connectivity index (χ1n) is 3.44. The SMILES string of the molecule is O=C(Oc1ccc(F)cc1)C(Cl)(Cl)Cl. The van der Waals surface area contributed by atoms with Gasteiger partial charge in [0, 0.05) is 0 Å². The lowest BCUT2D eigenvalue weighted by Crippen LogP contribution is -2.24. The lowest BCUT2D eigenvalue weighted by Gasteiger charge is -2.09. The van der Waals surface area contributed by atoms with Crippen molar-refractivity contribution >= 4 is 40.8 Å². The van der Waals surface area contributed by atoms with Crippen molar-refractivity contribution in [1.82, 2.24) is 0 Å². The Bertz CT molecular complexity index is 331. The largest absolute Gasteiger partial charge is 0.423 e. The highest BCUT2D eigenvalue weighted by molar-refractivity contribution is 6.75. The van der Waals surface area contributed by atoms with Crippen molar-refractivity contribution in [3.05, 3.63) is 30.1 Å². The van der Waals surface area contributed by atoms with E-state index in [1.165, 1.54) is 12.1 Å². The number of ether oxygens (including phenoxy) is 1. The van der Waals surface area contributed by atoms with Crippen LogP contribution in [0.25, 0.3) is 0 Å². The predicted octanol–water partition coefficient (Wildman–Crippen LogP) is 3.10. The smallest absolute Gasteiger partial charge is 0.363 e. The molecule has 0 heterocycles. The van der Waals surface area contributed by atoms with Crippen molar-refractivity contribution in [1.29, 1.82) is 0 Å². The molecule has 0 bridgehead atoms. The summed E-state index contributed by atoms with van der Waals surface area (Å²) < 4.78 is 14.9. The molecule has 0 aliphatic heterocycles. The summed E-state index contributed by atoms with van der Waals surface area (Å²) in [6.45, 7) is 0. The summed E-state index contributed by atoms with van der Waals surface area (Å²) in [4.78, 5) is 11.0. The predicted molar refractivity (Wildman–Crippen MR) is 52.3 cm³/mol. The number of rotatable bonds is 1. The van der Waals surface area contributed by atoms with Crippen LogP contribution in [0.3, 0.4) is 0 Å². The van der Waals surface area contributed by atoms with Crippen LogP contribution in [0, 0.1) is 5.82 Å². The van der Waals surface area contributed by atoms with Crippen LogP contribution in [0.15, 0.2) is 24.3 Å². The summed E-state index contributed by atoms with van der Waals surface area (Å²) in [5.74, 6) is -1.37. The summed E-state index contributed by atoms with van der Waals surface area (Å²) in [5.41, 5.74) is 0. The van der Waals surface area contributed by atoms with E-state index in [2.05, 4.69) is 4.74 Å². The molecule has 0 saturated heterocycles. The number of carbonyl (C=O) groups is 1. The average molecular weight is 257 g/mol. The molecule has 0 amide bonds. The topological polar surface area (TPSA) is 26.3 Å². The fourth-order valence-corrected chi connectivity index (χ4v) is 0.783. The molecular weight excluding hydrogens is 253 g/mol. The van der Waals surface area contributed by atoms with Crippen LogP contribution in [0.1, 0.15) is 0 Å². The third-order valence-corrected chi connectivity index (χ3v) is 1.72. The molecule has 0 aliphatic rings. The Balaban J connectivity index is 2.71. The summed E-state index contributed by atoms with van der Waals surface area (Å²) in [7, 11) is 0. The van der Waals surface area contributed by atoms with Gasteiger partial charge in [0.15, 0.2) is 0 Å². The highest BCUT2D eigenvalue weighted by Gasteiger charge is 2.33. The maximum absolute atomic E-state index is 12.4. The van der Waals surface area contributed by atoms with E-state index in [1.807, 2.05) is 0 Å². The van der Waals surface area contributed by atoms with Crippen molar-refractivity contribution in [2.75, 3.05) is 0 Å². The average Bonchev–Trinajstić information content (AvgIpc) is 2.07. The maximum atomic E-state index is 12.4. The zero-order valence-corrected chi connectivity index (χ0v) is 8.91. The minimum Gasteiger partial charge on any atom is -0.423 e. The van der Waals surface area contributed by atoms with Crippen LogP contribution in [0.2, 0.25) is 0 Å². The van der Waals surface area contributed by atoms with Crippen molar-refractivity contribution in [3.63, 3.8) is 0 Å². The van der Waals surface area contributed by atoms with E-state index in [-0.39, 0.29) is 5.75 Å². The zero-order chi connectivity index (χ0) is 10.8. The molecule has 14 heavy (non-hydrogen) atoms. The Kier molecular flexibility index (Phi) is 3.59. The molecule has 0 fully saturated rings. The molecule has 0 spiro atoms. The molecule has 0 atom stereocenters. The Morgan fingerprint density at radius 2 is 1.71 bits per heavy atom. The Hall–Kier alpha value is -0.510. The molecule has 0 N–H and O–H groups in total.